The first-order chi connectivity index (χ1) is 21.7. The van der Waals surface area contributed by atoms with Crippen LogP contribution in [0.15, 0.2) is 99.2 Å². The van der Waals surface area contributed by atoms with Gasteiger partial charge in [0, 0.05) is 37.1 Å². The topological polar surface area (TPSA) is 150 Å². The summed E-state index contributed by atoms with van der Waals surface area (Å²) < 4.78 is 36.9. The number of ether oxygens (including phenoxy) is 7. The quantitative estimate of drug-likeness (QED) is 0.0905. The molecule has 0 heterocycles. The van der Waals surface area contributed by atoms with Crippen LogP contribution >= 0.6 is 0 Å². The summed E-state index contributed by atoms with van der Waals surface area (Å²) in [5.74, 6) is -2.03. The van der Waals surface area contributed by atoms with Crippen molar-refractivity contribution < 1.29 is 57.1 Å². The maximum atomic E-state index is 12.6. The van der Waals surface area contributed by atoms with E-state index in [9.17, 15) is 24.0 Å². The summed E-state index contributed by atoms with van der Waals surface area (Å²) in [5, 5.41) is 0. The molecule has 45 heavy (non-hydrogen) atoms. The van der Waals surface area contributed by atoms with Crippen molar-refractivity contribution in [1.82, 2.24) is 0 Å². The van der Waals surface area contributed by atoms with Gasteiger partial charge in [-0.1, -0.05) is 26.3 Å². The Morgan fingerprint density at radius 3 is 1.33 bits per heavy atom. The molecule has 0 N–H and O–H groups in total. The monoisotopic (exact) mass is 622 g/mol. The predicted molar refractivity (Wildman–Crippen MR) is 161 cm³/mol. The zero-order valence-electron chi connectivity index (χ0n) is 24.6. The molecule has 12 heteroatoms. The Balaban J connectivity index is 1.83. The van der Waals surface area contributed by atoms with E-state index in [-0.39, 0.29) is 50.6 Å². The van der Waals surface area contributed by atoms with Crippen molar-refractivity contribution in [2.75, 3.05) is 26.4 Å². The van der Waals surface area contributed by atoms with E-state index < -0.39 is 42.1 Å². The Labute approximate surface area is 260 Å². The highest BCUT2D eigenvalue weighted by Gasteiger charge is 2.17. The molecule has 0 fully saturated rings. The molecule has 0 aliphatic carbocycles. The van der Waals surface area contributed by atoms with E-state index in [1.54, 1.807) is 36.4 Å². The molecule has 2 aromatic carbocycles. The average Bonchev–Trinajstić information content (AvgIpc) is 3.06. The molecule has 0 spiro atoms. The second kappa shape index (κ2) is 19.5. The molecular formula is C33H34O12. The lowest BCUT2D eigenvalue weighted by molar-refractivity contribution is -0.153. The SMILES string of the molecule is C=CC(=O)OCC(CCOc1ccc(OC(=O)c2ccc(OCCC(COC(=O)C=C)OC(=O)C=C)cc2)cc1)OC(=O)C=C. The van der Waals surface area contributed by atoms with Crippen LogP contribution in [0.4, 0.5) is 0 Å². The van der Waals surface area contributed by atoms with Crippen LogP contribution in [0.5, 0.6) is 17.2 Å². The van der Waals surface area contributed by atoms with E-state index >= 15 is 0 Å². The first-order valence-corrected chi connectivity index (χ1v) is 13.6. The first kappa shape index (κ1) is 35.5. The number of benzene rings is 2. The van der Waals surface area contributed by atoms with E-state index in [0.29, 0.717) is 11.5 Å². The predicted octanol–water partition coefficient (Wildman–Crippen LogP) is 4.10. The van der Waals surface area contributed by atoms with Gasteiger partial charge in [-0.15, -0.1) is 0 Å². The van der Waals surface area contributed by atoms with Crippen molar-refractivity contribution in [3.8, 4) is 17.2 Å². The van der Waals surface area contributed by atoms with Gasteiger partial charge >= 0.3 is 29.8 Å². The van der Waals surface area contributed by atoms with Crippen molar-refractivity contribution in [3.05, 3.63) is 105 Å². The fraction of sp³-hybridized carbons (Fsp3) is 0.242. The molecule has 2 unspecified atom stereocenters. The zero-order chi connectivity index (χ0) is 33.0. The molecule has 2 atom stereocenters. The largest absolute Gasteiger partial charge is 0.493 e. The Morgan fingerprint density at radius 1 is 0.556 bits per heavy atom. The van der Waals surface area contributed by atoms with Crippen molar-refractivity contribution in [2.45, 2.75) is 25.0 Å². The third-order valence-electron chi connectivity index (χ3n) is 5.60. The van der Waals surface area contributed by atoms with Gasteiger partial charge in [-0.05, 0) is 48.5 Å². The minimum Gasteiger partial charge on any atom is -0.493 e. The Hall–Kier alpha value is -5.65. The minimum absolute atomic E-state index is 0.127. The highest BCUT2D eigenvalue weighted by atomic mass is 16.6. The highest BCUT2D eigenvalue weighted by Crippen LogP contribution is 2.20. The van der Waals surface area contributed by atoms with Gasteiger partial charge in [-0.25, -0.2) is 24.0 Å². The maximum absolute atomic E-state index is 12.6. The molecule has 0 aliphatic heterocycles. The number of esters is 5. The molecule has 0 aliphatic rings. The molecule has 0 bridgehead atoms. The molecule has 0 radical (unpaired) electrons. The van der Waals surface area contributed by atoms with Crippen LogP contribution in [0.2, 0.25) is 0 Å². The number of hydrogen-bond donors (Lipinski definition) is 0. The summed E-state index contributed by atoms with van der Waals surface area (Å²) in [6, 6.07) is 12.5. The Morgan fingerprint density at radius 2 is 0.933 bits per heavy atom. The standard InChI is InChI=1S/C33H34O12/c1-5-29(34)41-21-27(43-31(36)7-3)17-19-39-24-11-9-23(10-12-24)33(38)45-26-15-13-25(14-16-26)40-20-18-28(44-32(37)8-4)22-42-30(35)6-2/h5-16,27-28H,1-4,17-22H2. The van der Waals surface area contributed by atoms with Gasteiger partial charge in [0.05, 0.1) is 18.8 Å². The lowest BCUT2D eigenvalue weighted by atomic mass is 10.2. The van der Waals surface area contributed by atoms with Crippen molar-refractivity contribution in [3.63, 3.8) is 0 Å². The molecule has 0 aromatic heterocycles. The smallest absolute Gasteiger partial charge is 0.343 e. The van der Waals surface area contributed by atoms with E-state index in [1.807, 2.05) is 0 Å². The van der Waals surface area contributed by atoms with Crippen LogP contribution in [-0.4, -0.2) is 68.5 Å². The Kier molecular flexibility index (Phi) is 15.4. The highest BCUT2D eigenvalue weighted by molar-refractivity contribution is 5.91. The van der Waals surface area contributed by atoms with Crippen LogP contribution in [0.25, 0.3) is 0 Å². The molecule has 2 rings (SSSR count). The summed E-state index contributed by atoms with van der Waals surface area (Å²) in [4.78, 5) is 58.3. The van der Waals surface area contributed by atoms with Crippen molar-refractivity contribution >= 4 is 29.8 Å². The Bertz CT molecular complexity index is 1340. The number of hydrogen-bond acceptors (Lipinski definition) is 12. The van der Waals surface area contributed by atoms with Gasteiger partial charge in [0.2, 0.25) is 0 Å². The fourth-order valence-electron chi connectivity index (χ4n) is 3.32. The molecule has 2 aromatic rings. The van der Waals surface area contributed by atoms with Crippen LogP contribution in [0, 0.1) is 0 Å². The number of rotatable bonds is 20. The average molecular weight is 623 g/mol. The van der Waals surface area contributed by atoms with Crippen molar-refractivity contribution in [1.29, 1.82) is 0 Å². The van der Waals surface area contributed by atoms with Gasteiger partial charge in [0.15, 0.2) is 0 Å². The zero-order valence-corrected chi connectivity index (χ0v) is 24.6. The van der Waals surface area contributed by atoms with Crippen LogP contribution in [-0.2, 0) is 38.1 Å². The lowest BCUT2D eigenvalue weighted by Gasteiger charge is -2.17. The summed E-state index contributed by atoms with van der Waals surface area (Å²) in [5.41, 5.74) is 0.272. The van der Waals surface area contributed by atoms with Gasteiger partial charge < -0.3 is 33.2 Å². The van der Waals surface area contributed by atoms with E-state index in [2.05, 4.69) is 26.3 Å². The fourth-order valence-corrected chi connectivity index (χ4v) is 3.32. The molecule has 0 saturated carbocycles. The summed E-state index contributed by atoms with van der Waals surface area (Å²) in [6.45, 7) is 13.2. The van der Waals surface area contributed by atoms with E-state index in [4.69, 9.17) is 33.2 Å². The van der Waals surface area contributed by atoms with Crippen molar-refractivity contribution in [2.24, 2.45) is 0 Å². The summed E-state index contributed by atoms with van der Waals surface area (Å²) in [6.07, 6.45) is 2.96. The molecule has 0 amide bonds. The molecule has 0 saturated heterocycles. The van der Waals surface area contributed by atoms with Gasteiger partial charge in [0.1, 0.15) is 42.7 Å². The molecule has 238 valence electrons. The lowest BCUT2D eigenvalue weighted by Crippen LogP contribution is -2.26. The first-order valence-electron chi connectivity index (χ1n) is 13.6. The second-order valence-electron chi connectivity index (χ2n) is 8.85. The van der Waals surface area contributed by atoms with Crippen LogP contribution < -0.4 is 14.2 Å². The van der Waals surface area contributed by atoms with Crippen LogP contribution in [0.1, 0.15) is 23.2 Å². The van der Waals surface area contributed by atoms with E-state index in [0.717, 1.165) is 24.3 Å². The number of carbonyl (C=O) groups is 5. The summed E-state index contributed by atoms with van der Waals surface area (Å²) in [7, 11) is 0. The van der Waals surface area contributed by atoms with Gasteiger partial charge in [-0.2, -0.15) is 0 Å². The van der Waals surface area contributed by atoms with Gasteiger partial charge in [0.25, 0.3) is 0 Å². The summed E-state index contributed by atoms with van der Waals surface area (Å²) >= 11 is 0. The third kappa shape index (κ3) is 13.9. The minimum atomic E-state index is -0.752. The maximum Gasteiger partial charge on any atom is 0.343 e. The number of carbonyl (C=O) groups excluding carboxylic acids is 5. The van der Waals surface area contributed by atoms with Gasteiger partial charge in [-0.3, -0.25) is 0 Å². The second-order valence-corrected chi connectivity index (χ2v) is 8.85. The third-order valence-corrected chi connectivity index (χ3v) is 5.60. The molecule has 12 nitrogen and oxygen atoms in total. The normalized spacial score (nSPS) is 11.4. The molecular weight excluding hydrogens is 588 g/mol. The van der Waals surface area contributed by atoms with E-state index in [1.165, 1.54) is 12.1 Å². The van der Waals surface area contributed by atoms with Crippen LogP contribution in [0.3, 0.4) is 0 Å².